The van der Waals surface area contributed by atoms with Crippen LogP contribution in [0.25, 0.3) is 0 Å². The summed E-state index contributed by atoms with van der Waals surface area (Å²) in [5.74, 6) is 0.128. The van der Waals surface area contributed by atoms with Crippen LogP contribution < -0.4 is 10.6 Å². The van der Waals surface area contributed by atoms with Gasteiger partial charge in [0.2, 0.25) is 11.8 Å². The van der Waals surface area contributed by atoms with Gasteiger partial charge in [0.15, 0.2) is 5.82 Å². The number of benzene rings is 1. The van der Waals surface area contributed by atoms with Crippen LogP contribution in [0.4, 0.5) is 5.82 Å². The number of hydrogen-bond donors (Lipinski definition) is 2. The van der Waals surface area contributed by atoms with Crippen LogP contribution in [0.5, 0.6) is 0 Å². The van der Waals surface area contributed by atoms with E-state index in [4.69, 9.17) is 4.52 Å². The molecule has 0 radical (unpaired) electrons. The Bertz CT molecular complexity index is 841. The quantitative estimate of drug-likeness (QED) is 0.820. The van der Waals surface area contributed by atoms with Gasteiger partial charge in [-0.3, -0.25) is 14.4 Å². The van der Waals surface area contributed by atoms with E-state index in [1.54, 1.807) is 36.9 Å². The molecule has 1 aromatic heterocycles. The van der Waals surface area contributed by atoms with E-state index in [2.05, 4.69) is 15.8 Å². The molecule has 1 saturated heterocycles. The maximum Gasteiger partial charge on any atom is 0.253 e. The van der Waals surface area contributed by atoms with E-state index in [-0.39, 0.29) is 23.6 Å². The van der Waals surface area contributed by atoms with E-state index in [9.17, 15) is 14.4 Å². The number of carbonyl (C=O) groups is 3. The van der Waals surface area contributed by atoms with Crippen molar-refractivity contribution in [3.05, 3.63) is 47.7 Å². The van der Waals surface area contributed by atoms with Gasteiger partial charge in [-0.25, -0.2) is 0 Å². The van der Waals surface area contributed by atoms with E-state index in [0.29, 0.717) is 43.1 Å². The van der Waals surface area contributed by atoms with Crippen LogP contribution in [0, 0.1) is 12.8 Å². The van der Waals surface area contributed by atoms with Crippen molar-refractivity contribution in [1.82, 2.24) is 15.4 Å². The number of rotatable bonds is 5. The standard InChI is InChI=1S/C20H24N4O4/c1-13-12-17(23-28-13)22-18(25)14(2)21-19(26)15-8-10-24(11-9-15)20(27)16-6-4-3-5-7-16/h3-7,12,14-15H,8-11H2,1-2H3,(H,21,26)(H,22,23,25)/t14-/m0/s1. The zero-order chi connectivity index (χ0) is 20.1. The lowest BCUT2D eigenvalue weighted by Crippen LogP contribution is -2.47. The van der Waals surface area contributed by atoms with Crippen molar-refractivity contribution in [2.24, 2.45) is 5.92 Å². The Morgan fingerprint density at radius 2 is 1.86 bits per heavy atom. The molecule has 1 aromatic carbocycles. The molecule has 28 heavy (non-hydrogen) atoms. The highest BCUT2D eigenvalue weighted by molar-refractivity contribution is 5.97. The number of likely N-dealkylation sites (tertiary alicyclic amines) is 1. The van der Waals surface area contributed by atoms with Crippen molar-refractivity contribution in [1.29, 1.82) is 0 Å². The highest BCUT2D eigenvalue weighted by atomic mass is 16.5. The summed E-state index contributed by atoms with van der Waals surface area (Å²) < 4.78 is 4.90. The molecule has 2 aromatic rings. The van der Waals surface area contributed by atoms with Crippen molar-refractivity contribution in [3.63, 3.8) is 0 Å². The third kappa shape index (κ3) is 4.76. The van der Waals surface area contributed by atoms with Gasteiger partial charge in [0, 0.05) is 30.6 Å². The summed E-state index contributed by atoms with van der Waals surface area (Å²) in [5, 5.41) is 9.04. The van der Waals surface area contributed by atoms with E-state index >= 15 is 0 Å². The van der Waals surface area contributed by atoms with Gasteiger partial charge in [-0.2, -0.15) is 0 Å². The summed E-state index contributed by atoms with van der Waals surface area (Å²) in [6, 6.07) is 10.0. The van der Waals surface area contributed by atoms with Crippen molar-refractivity contribution < 1.29 is 18.9 Å². The lowest BCUT2D eigenvalue weighted by Gasteiger charge is -2.31. The Morgan fingerprint density at radius 3 is 2.46 bits per heavy atom. The Balaban J connectivity index is 1.47. The van der Waals surface area contributed by atoms with Crippen LogP contribution >= 0.6 is 0 Å². The molecule has 2 N–H and O–H groups in total. The molecule has 1 fully saturated rings. The molecule has 3 rings (SSSR count). The first-order valence-corrected chi connectivity index (χ1v) is 9.33. The first-order valence-electron chi connectivity index (χ1n) is 9.33. The predicted octanol–water partition coefficient (Wildman–Crippen LogP) is 1.98. The van der Waals surface area contributed by atoms with E-state index < -0.39 is 6.04 Å². The monoisotopic (exact) mass is 384 g/mol. The largest absolute Gasteiger partial charge is 0.360 e. The second-order valence-electron chi connectivity index (χ2n) is 6.97. The zero-order valence-electron chi connectivity index (χ0n) is 16.0. The molecule has 8 heteroatoms. The molecule has 0 aliphatic carbocycles. The molecule has 1 aliphatic heterocycles. The predicted molar refractivity (Wildman–Crippen MR) is 103 cm³/mol. The van der Waals surface area contributed by atoms with Gasteiger partial charge in [-0.15, -0.1) is 0 Å². The fourth-order valence-electron chi connectivity index (χ4n) is 3.16. The minimum atomic E-state index is -0.700. The number of aromatic nitrogens is 1. The van der Waals surface area contributed by atoms with Crippen molar-refractivity contribution in [2.75, 3.05) is 18.4 Å². The Morgan fingerprint density at radius 1 is 1.18 bits per heavy atom. The molecule has 8 nitrogen and oxygen atoms in total. The number of amides is 3. The van der Waals surface area contributed by atoms with Crippen LogP contribution in [0.1, 0.15) is 35.9 Å². The molecule has 3 amide bonds. The number of piperidine rings is 1. The summed E-state index contributed by atoms with van der Waals surface area (Å²) in [6.45, 7) is 4.38. The SMILES string of the molecule is Cc1cc(NC(=O)[C@H](C)NC(=O)C2CCN(C(=O)c3ccccc3)CC2)no1. The molecule has 0 unspecified atom stereocenters. The number of nitrogens with zero attached hydrogens (tertiary/aromatic N) is 2. The molecule has 0 spiro atoms. The fraction of sp³-hybridized carbons (Fsp3) is 0.400. The van der Waals surface area contributed by atoms with Crippen molar-refractivity contribution >= 4 is 23.5 Å². The lowest BCUT2D eigenvalue weighted by molar-refractivity contribution is -0.130. The van der Waals surface area contributed by atoms with Crippen LogP contribution in [0.3, 0.4) is 0 Å². The zero-order valence-corrected chi connectivity index (χ0v) is 16.0. The third-order valence-corrected chi connectivity index (χ3v) is 4.80. The summed E-state index contributed by atoms with van der Waals surface area (Å²) in [6.07, 6.45) is 1.14. The first-order chi connectivity index (χ1) is 13.4. The molecule has 1 atom stereocenters. The van der Waals surface area contributed by atoms with Gasteiger partial charge in [0.05, 0.1) is 0 Å². The molecular formula is C20H24N4O4. The van der Waals surface area contributed by atoms with Gasteiger partial charge >= 0.3 is 0 Å². The summed E-state index contributed by atoms with van der Waals surface area (Å²) >= 11 is 0. The second kappa shape index (κ2) is 8.69. The molecule has 2 heterocycles. The van der Waals surface area contributed by atoms with Crippen LogP contribution in [0.15, 0.2) is 40.9 Å². The van der Waals surface area contributed by atoms with Crippen LogP contribution in [0.2, 0.25) is 0 Å². The van der Waals surface area contributed by atoms with Gasteiger partial charge in [0.1, 0.15) is 11.8 Å². The van der Waals surface area contributed by atoms with Gasteiger partial charge in [0.25, 0.3) is 5.91 Å². The highest BCUT2D eigenvalue weighted by Crippen LogP contribution is 2.19. The average Bonchev–Trinajstić information content (AvgIpc) is 3.12. The van der Waals surface area contributed by atoms with Gasteiger partial charge < -0.3 is 20.1 Å². The number of nitrogens with one attached hydrogen (secondary N) is 2. The lowest BCUT2D eigenvalue weighted by atomic mass is 9.95. The van der Waals surface area contributed by atoms with E-state index in [1.165, 1.54) is 0 Å². The number of hydrogen-bond acceptors (Lipinski definition) is 5. The first kappa shape index (κ1) is 19.6. The third-order valence-electron chi connectivity index (χ3n) is 4.80. The van der Waals surface area contributed by atoms with Crippen LogP contribution in [-0.4, -0.2) is 46.9 Å². The molecule has 1 aliphatic rings. The number of anilines is 1. The fourth-order valence-corrected chi connectivity index (χ4v) is 3.16. The maximum absolute atomic E-state index is 12.5. The normalized spacial score (nSPS) is 15.7. The Hall–Kier alpha value is -3.16. The number of aryl methyl sites for hydroxylation is 1. The highest BCUT2D eigenvalue weighted by Gasteiger charge is 2.29. The van der Waals surface area contributed by atoms with E-state index in [1.807, 2.05) is 18.2 Å². The molecule has 0 saturated carbocycles. The van der Waals surface area contributed by atoms with Gasteiger partial charge in [-0.05, 0) is 38.8 Å². The minimum Gasteiger partial charge on any atom is -0.360 e. The number of carbonyl (C=O) groups excluding carboxylic acids is 3. The average molecular weight is 384 g/mol. The maximum atomic E-state index is 12.5. The second-order valence-corrected chi connectivity index (χ2v) is 6.97. The summed E-state index contributed by atoms with van der Waals surface area (Å²) in [4.78, 5) is 38.9. The Kier molecular flexibility index (Phi) is 6.08. The summed E-state index contributed by atoms with van der Waals surface area (Å²) in [5.41, 5.74) is 0.652. The topological polar surface area (TPSA) is 105 Å². The van der Waals surface area contributed by atoms with E-state index in [0.717, 1.165) is 0 Å². The Labute approximate surface area is 163 Å². The summed E-state index contributed by atoms with van der Waals surface area (Å²) in [7, 11) is 0. The van der Waals surface area contributed by atoms with Crippen molar-refractivity contribution in [3.8, 4) is 0 Å². The smallest absolute Gasteiger partial charge is 0.253 e. The van der Waals surface area contributed by atoms with Crippen molar-refractivity contribution in [2.45, 2.75) is 32.7 Å². The van der Waals surface area contributed by atoms with Crippen LogP contribution in [-0.2, 0) is 9.59 Å². The minimum absolute atomic E-state index is 0.0184. The molecule has 0 bridgehead atoms. The molecular weight excluding hydrogens is 360 g/mol. The van der Waals surface area contributed by atoms with Gasteiger partial charge in [-0.1, -0.05) is 23.4 Å². The molecule has 148 valence electrons.